The maximum absolute atomic E-state index is 12.4. The minimum atomic E-state index is -0.0897. The van der Waals surface area contributed by atoms with Gasteiger partial charge < -0.3 is 15.1 Å². The lowest BCUT2D eigenvalue weighted by Crippen LogP contribution is -2.44. The molecule has 5 nitrogen and oxygen atoms in total. The Morgan fingerprint density at radius 2 is 1.81 bits per heavy atom. The van der Waals surface area contributed by atoms with E-state index in [4.69, 9.17) is 4.98 Å². The van der Waals surface area contributed by atoms with E-state index in [1.54, 1.807) is 11.3 Å². The number of fused-ring (bicyclic) bond motifs is 1. The Kier molecular flexibility index (Phi) is 4.61. The molecule has 0 atom stereocenters. The van der Waals surface area contributed by atoms with E-state index in [1.807, 2.05) is 49.4 Å². The Morgan fingerprint density at radius 1 is 1.08 bits per heavy atom. The molecule has 0 saturated carbocycles. The number of aromatic nitrogens is 1. The maximum atomic E-state index is 12.4. The Labute approximate surface area is 157 Å². The Hall–Kier alpha value is -2.44. The topological polar surface area (TPSA) is 48.5 Å². The molecule has 1 aliphatic rings. The monoisotopic (exact) mass is 366 g/mol. The average Bonchev–Trinajstić information content (AvgIpc) is 3.06. The van der Waals surface area contributed by atoms with Gasteiger partial charge in [0.05, 0.1) is 10.2 Å². The van der Waals surface area contributed by atoms with Crippen molar-refractivity contribution in [1.29, 1.82) is 0 Å². The van der Waals surface area contributed by atoms with Crippen molar-refractivity contribution in [3.63, 3.8) is 0 Å². The highest BCUT2D eigenvalue weighted by atomic mass is 32.1. The molecule has 0 spiro atoms. The van der Waals surface area contributed by atoms with Crippen molar-refractivity contribution in [2.75, 3.05) is 43.4 Å². The number of aryl methyl sites for hydroxylation is 1. The average molecular weight is 366 g/mol. The Balaban J connectivity index is 1.52. The summed E-state index contributed by atoms with van der Waals surface area (Å²) in [6.07, 6.45) is 0. The van der Waals surface area contributed by atoms with Crippen LogP contribution in [0.4, 0.5) is 10.8 Å². The van der Waals surface area contributed by atoms with Gasteiger partial charge in [0.15, 0.2) is 5.13 Å². The number of amides is 1. The quantitative estimate of drug-likeness (QED) is 0.769. The van der Waals surface area contributed by atoms with Gasteiger partial charge in [-0.15, -0.1) is 0 Å². The summed E-state index contributed by atoms with van der Waals surface area (Å²) in [5.41, 5.74) is 3.59. The summed E-state index contributed by atoms with van der Waals surface area (Å²) in [5.74, 6) is -0.0897. The van der Waals surface area contributed by atoms with E-state index in [1.165, 1.54) is 0 Å². The first-order valence-corrected chi connectivity index (χ1v) is 9.62. The number of likely N-dealkylation sites (N-methyl/N-ethyl adjacent to an activating group) is 1. The number of carbonyl (C=O) groups excluding carboxylic acids is 1. The molecular weight excluding hydrogens is 344 g/mol. The second-order valence-corrected chi connectivity index (χ2v) is 7.80. The van der Waals surface area contributed by atoms with Gasteiger partial charge in [-0.1, -0.05) is 29.0 Å². The van der Waals surface area contributed by atoms with Gasteiger partial charge in [0.1, 0.15) is 0 Å². The van der Waals surface area contributed by atoms with Gasteiger partial charge in [0, 0.05) is 37.4 Å². The van der Waals surface area contributed by atoms with Crippen LogP contribution in [0.2, 0.25) is 0 Å². The van der Waals surface area contributed by atoms with Crippen molar-refractivity contribution in [3.05, 3.63) is 53.6 Å². The lowest BCUT2D eigenvalue weighted by Gasteiger charge is -2.31. The zero-order valence-electron chi connectivity index (χ0n) is 15.0. The van der Waals surface area contributed by atoms with E-state index in [-0.39, 0.29) is 5.91 Å². The fourth-order valence-electron chi connectivity index (χ4n) is 3.03. The maximum Gasteiger partial charge on any atom is 0.255 e. The van der Waals surface area contributed by atoms with Gasteiger partial charge in [-0.3, -0.25) is 4.79 Å². The van der Waals surface area contributed by atoms with Crippen LogP contribution < -0.4 is 10.2 Å². The number of piperazine rings is 1. The molecule has 1 aromatic heterocycles. The van der Waals surface area contributed by atoms with E-state index >= 15 is 0 Å². The van der Waals surface area contributed by atoms with Crippen LogP contribution in [0.15, 0.2) is 42.5 Å². The molecule has 2 aromatic carbocycles. The third-order valence-electron chi connectivity index (χ3n) is 4.72. The number of thiazole rings is 1. The van der Waals surface area contributed by atoms with E-state index < -0.39 is 0 Å². The molecule has 1 amide bonds. The second-order valence-electron chi connectivity index (χ2n) is 6.79. The van der Waals surface area contributed by atoms with Gasteiger partial charge in [0.25, 0.3) is 5.91 Å². The number of hydrogen-bond acceptors (Lipinski definition) is 5. The third kappa shape index (κ3) is 3.57. The number of carbonyl (C=O) groups is 1. The van der Waals surface area contributed by atoms with E-state index in [9.17, 15) is 4.79 Å². The second kappa shape index (κ2) is 7.05. The molecule has 134 valence electrons. The van der Waals surface area contributed by atoms with Crippen molar-refractivity contribution >= 4 is 38.3 Å². The van der Waals surface area contributed by atoms with Crippen LogP contribution in [0, 0.1) is 6.92 Å². The molecule has 2 heterocycles. The minimum Gasteiger partial charge on any atom is -0.345 e. The molecule has 1 N–H and O–H groups in total. The Morgan fingerprint density at radius 3 is 2.54 bits per heavy atom. The van der Waals surface area contributed by atoms with E-state index in [0.29, 0.717) is 5.56 Å². The van der Waals surface area contributed by atoms with Crippen LogP contribution in [0.5, 0.6) is 0 Å². The van der Waals surface area contributed by atoms with Gasteiger partial charge in [-0.2, -0.15) is 0 Å². The molecule has 0 aliphatic carbocycles. The largest absolute Gasteiger partial charge is 0.345 e. The number of hydrogen-bond donors (Lipinski definition) is 1. The lowest BCUT2D eigenvalue weighted by atomic mass is 10.1. The van der Waals surface area contributed by atoms with Crippen LogP contribution in [0.25, 0.3) is 10.2 Å². The van der Waals surface area contributed by atoms with Gasteiger partial charge in [0.2, 0.25) is 0 Å². The standard InChI is InChI=1S/C20H22N4OS/c1-14-3-5-15(6-4-14)19(25)21-16-7-8-17-18(13-16)26-20(22-17)24-11-9-23(2)10-12-24/h3-8,13H,9-12H2,1-2H3,(H,21,25). The SMILES string of the molecule is Cc1ccc(C(=O)Nc2ccc3nc(N4CCN(C)CC4)sc3c2)cc1. The Bertz CT molecular complexity index is 927. The molecule has 1 fully saturated rings. The highest BCUT2D eigenvalue weighted by Crippen LogP contribution is 2.31. The van der Waals surface area contributed by atoms with Crippen molar-refractivity contribution in [3.8, 4) is 0 Å². The molecule has 4 rings (SSSR count). The minimum absolute atomic E-state index is 0.0897. The van der Waals surface area contributed by atoms with E-state index in [2.05, 4.69) is 22.2 Å². The van der Waals surface area contributed by atoms with Crippen LogP contribution in [0.1, 0.15) is 15.9 Å². The van der Waals surface area contributed by atoms with Crippen molar-refractivity contribution in [1.82, 2.24) is 9.88 Å². The first-order chi connectivity index (χ1) is 12.6. The summed E-state index contributed by atoms with van der Waals surface area (Å²) < 4.78 is 1.10. The molecule has 3 aromatic rings. The fraction of sp³-hybridized carbons (Fsp3) is 0.300. The molecule has 0 radical (unpaired) electrons. The van der Waals surface area contributed by atoms with Crippen LogP contribution in [-0.4, -0.2) is 49.0 Å². The first-order valence-electron chi connectivity index (χ1n) is 8.80. The summed E-state index contributed by atoms with van der Waals surface area (Å²) in [4.78, 5) is 21.8. The van der Waals surface area contributed by atoms with Gasteiger partial charge >= 0.3 is 0 Å². The highest BCUT2D eigenvalue weighted by Gasteiger charge is 2.18. The zero-order valence-corrected chi connectivity index (χ0v) is 15.8. The number of nitrogens with zero attached hydrogens (tertiary/aromatic N) is 3. The number of benzene rings is 2. The predicted molar refractivity (Wildman–Crippen MR) is 108 cm³/mol. The molecule has 0 unspecified atom stereocenters. The fourth-order valence-corrected chi connectivity index (χ4v) is 4.09. The molecule has 0 bridgehead atoms. The third-order valence-corrected chi connectivity index (χ3v) is 5.80. The summed E-state index contributed by atoms with van der Waals surface area (Å²) in [7, 11) is 2.15. The molecular formula is C20H22N4OS. The predicted octanol–water partition coefficient (Wildman–Crippen LogP) is 3.61. The van der Waals surface area contributed by atoms with Crippen LogP contribution in [0.3, 0.4) is 0 Å². The normalized spacial score (nSPS) is 15.4. The number of anilines is 2. The van der Waals surface area contributed by atoms with Gasteiger partial charge in [-0.25, -0.2) is 4.98 Å². The molecule has 6 heteroatoms. The highest BCUT2D eigenvalue weighted by molar-refractivity contribution is 7.22. The summed E-state index contributed by atoms with van der Waals surface area (Å²) in [6, 6.07) is 13.5. The van der Waals surface area contributed by atoms with Crippen molar-refractivity contribution in [2.45, 2.75) is 6.92 Å². The molecule has 1 saturated heterocycles. The summed E-state index contributed by atoms with van der Waals surface area (Å²) in [5, 5.41) is 4.05. The zero-order chi connectivity index (χ0) is 18.1. The molecule has 26 heavy (non-hydrogen) atoms. The summed E-state index contributed by atoms with van der Waals surface area (Å²) >= 11 is 1.69. The van der Waals surface area contributed by atoms with Crippen LogP contribution in [-0.2, 0) is 0 Å². The first kappa shape index (κ1) is 17.0. The number of nitrogens with one attached hydrogen (secondary N) is 1. The van der Waals surface area contributed by atoms with Crippen molar-refractivity contribution < 1.29 is 4.79 Å². The smallest absolute Gasteiger partial charge is 0.255 e. The van der Waals surface area contributed by atoms with Gasteiger partial charge in [-0.05, 0) is 44.3 Å². The van der Waals surface area contributed by atoms with E-state index in [0.717, 1.165) is 52.8 Å². The summed E-state index contributed by atoms with van der Waals surface area (Å²) in [6.45, 7) is 6.15. The lowest BCUT2D eigenvalue weighted by molar-refractivity contribution is 0.102. The van der Waals surface area contributed by atoms with Crippen LogP contribution >= 0.6 is 11.3 Å². The number of rotatable bonds is 3. The van der Waals surface area contributed by atoms with Crippen molar-refractivity contribution in [2.24, 2.45) is 0 Å². The molecule has 1 aliphatic heterocycles.